The van der Waals surface area contributed by atoms with Gasteiger partial charge in [0.2, 0.25) is 5.91 Å². The van der Waals surface area contributed by atoms with Crippen LogP contribution in [0.2, 0.25) is 15.1 Å². The molecule has 0 atom stereocenters. The van der Waals surface area contributed by atoms with Crippen molar-refractivity contribution in [1.82, 2.24) is 14.8 Å². The van der Waals surface area contributed by atoms with Crippen molar-refractivity contribution < 1.29 is 14.3 Å². The number of ether oxygens (including phenoxy) is 2. The summed E-state index contributed by atoms with van der Waals surface area (Å²) in [6.45, 7) is 3.64. The molecule has 0 spiro atoms. The average molecular weight is 470 g/mol. The molecule has 3 rings (SSSR count). The van der Waals surface area contributed by atoms with Crippen molar-refractivity contribution >= 4 is 46.4 Å². The van der Waals surface area contributed by atoms with E-state index in [0.717, 1.165) is 5.56 Å². The van der Waals surface area contributed by atoms with Crippen molar-refractivity contribution in [2.75, 3.05) is 19.0 Å². The van der Waals surface area contributed by atoms with Gasteiger partial charge in [0.05, 0.1) is 29.4 Å². The van der Waals surface area contributed by atoms with Crippen LogP contribution in [0.15, 0.2) is 30.3 Å². The van der Waals surface area contributed by atoms with E-state index in [-0.39, 0.29) is 16.9 Å². The number of rotatable bonds is 7. The van der Waals surface area contributed by atoms with Crippen LogP contribution in [0.4, 0.5) is 5.69 Å². The number of nitrogens with zero attached hydrogens (tertiary/aromatic N) is 3. The highest BCUT2D eigenvalue weighted by atomic mass is 35.5. The predicted octanol–water partition coefficient (Wildman–Crippen LogP) is 5.18. The molecule has 0 unspecified atom stereocenters. The van der Waals surface area contributed by atoms with E-state index >= 15 is 0 Å². The lowest BCUT2D eigenvalue weighted by Gasteiger charge is -2.14. The molecule has 0 aliphatic rings. The first kappa shape index (κ1) is 22.2. The van der Waals surface area contributed by atoms with Gasteiger partial charge in [-0.2, -0.15) is 9.67 Å². The first-order valence-corrected chi connectivity index (χ1v) is 10.1. The fourth-order valence-electron chi connectivity index (χ4n) is 2.82. The Balaban J connectivity index is 2.03. The number of nitrogens with one attached hydrogen (secondary N) is 1. The van der Waals surface area contributed by atoms with Crippen LogP contribution in [0.5, 0.6) is 11.8 Å². The van der Waals surface area contributed by atoms with Gasteiger partial charge in [-0.25, -0.2) is 0 Å². The summed E-state index contributed by atoms with van der Waals surface area (Å²) in [7, 11) is 1.48. The highest BCUT2D eigenvalue weighted by Crippen LogP contribution is 2.38. The van der Waals surface area contributed by atoms with Crippen LogP contribution in [0.1, 0.15) is 25.2 Å². The third-order valence-electron chi connectivity index (χ3n) is 4.06. The standard InChI is InChI=1S/C20H19Cl3N4O3/c1-4-30-20-25-17(10-12-5-6-13(21)14(22)9-12)26-27(20)16-8-7-15(24-11(2)28)18(23)19(16)29-3/h5-9H,4,10H2,1-3H3,(H,24,28). The van der Waals surface area contributed by atoms with E-state index in [4.69, 9.17) is 44.3 Å². The lowest BCUT2D eigenvalue weighted by atomic mass is 10.1. The summed E-state index contributed by atoms with van der Waals surface area (Å²) in [5.74, 6) is 0.599. The maximum absolute atomic E-state index is 11.4. The monoisotopic (exact) mass is 468 g/mol. The van der Waals surface area contributed by atoms with Crippen molar-refractivity contribution in [3.05, 3.63) is 56.8 Å². The Morgan fingerprint density at radius 1 is 1.17 bits per heavy atom. The maximum atomic E-state index is 11.4. The summed E-state index contributed by atoms with van der Waals surface area (Å²) in [6, 6.07) is 9.02. The zero-order valence-corrected chi connectivity index (χ0v) is 18.8. The number of hydrogen-bond donors (Lipinski definition) is 1. The van der Waals surface area contributed by atoms with Crippen LogP contribution >= 0.6 is 34.8 Å². The molecule has 0 fully saturated rings. The van der Waals surface area contributed by atoms with E-state index in [0.29, 0.717) is 46.0 Å². The van der Waals surface area contributed by atoms with Crippen LogP contribution < -0.4 is 14.8 Å². The minimum Gasteiger partial charge on any atom is -0.493 e. The van der Waals surface area contributed by atoms with E-state index in [1.807, 2.05) is 13.0 Å². The van der Waals surface area contributed by atoms with Gasteiger partial charge in [0, 0.05) is 13.3 Å². The molecule has 7 nitrogen and oxygen atoms in total. The van der Waals surface area contributed by atoms with Crippen LogP contribution in [-0.2, 0) is 11.2 Å². The molecule has 1 amide bonds. The largest absolute Gasteiger partial charge is 0.493 e. The minimum atomic E-state index is -0.244. The fourth-order valence-corrected chi connectivity index (χ4v) is 3.42. The third kappa shape index (κ3) is 4.80. The summed E-state index contributed by atoms with van der Waals surface area (Å²) in [5.41, 5.74) is 1.85. The summed E-state index contributed by atoms with van der Waals surface area (Å²) in [5, 5.41) is 8.41. The zero-order chi connectivity index (χ0) is 21.8. The number of amides is 1. The van der Waals surface area contributed by atoms with Gasteiger partial charge in [-0.3, -0.25) is 4.79 Å². The van der Waals surface area contributed by atoms with Crippen LogP contribution in [-0.4, -0.2) is 34.4 Å². The van der Waals surface area contributed by atoms with E-state index in [1.54, 1.807) is 24.3 Å². The molecule has 30 heavy (non-hydrogen) atoms. The molecule has 0 radical (unpaired) electrons. The Morgan fingerprint density at radius 3 is 2.57 bits per heavy atom. The molecular weight excluding hydrogens is 451 g/mol. The molecular formula is C20H19Cl3N4O3. The molecule has 1 heterocycles. The molecule has 0 aliphatic carbocycles. The maximum Gasteiger partial charge on any atom is 0.320 e. The number of hydrogen-bond acceptors (Lipinski definition) is 5. The lowest BCUT2D eigenvalue weighted by molar-refractivity contribution is -0.114. The lowest BCUT2D eigenvalue weighted by Crippen LogP contribution is -2.09. The molecule has 1 aromatic heterocycles. The molecule has 0 aliphatic heterocycles. The van der Waals surface area contributed by atoms with Gasteiger partial charge in [-0.15, -0.1) is 5.10 Å². The highest BCUT2D eigenvalue weighted by Gasteiger charge is 2.20. The second-order valence-electron chi connectivity index (χ2n) is 6.24. The molecule has 0 bridgehead atoms. The summed E-state index contributed by atoms with van der Waals surface area (Å²) >= 11 is 18.5. The predicted molar refractivity (Wildman–Crippen MR) is 118 cm³/mol. The number of methoxy groups -OCH3 is 1. The molecule has 158 valence electrons. The van der Waals surface area contributed by atoms with Crippen molar-refractivity contribution in [2.24, 2.45) is 0 Å². The topological polar surface area (TPSA) is 78.3 Å². The van der Waals surface area contributed by atoms with Crippen LogP contribution in [0.3, 0.4) is 0 Å². The highest BCUT2D eigenvalue weighted by molar-refractivity contribution is 6.42. The first-order chi connectivity index (χ1) is 14.3. The van der Waals surface area contributed by atoms with Gasteiger partial charge in [0.15, 0.2) is 11.6 Å². The fraction of sp³-hybridized carbons (Fsp3) is 0.250. The molecule has 0 saturated heterocycles. The van der Waals surface area contributed by atoms with Gasteiger partial charge >= 0.3 is 6.01 Å². The molecule has 2 aromatic carbocycles. The Labute approximate surface area is 188 Å². The molecule has 10 heteroatoms. The van der Waals surface area contributed by atoms with Gasteiger partial charge in [-0.1, -0.05) is 40.9 Å². The zero-order valence-electron chi connectivity index (χ0n) is 16.5. The normalized spacial score (nSPS) is 10.7. The van der Waals surface area contributed by atoms with Gasteiger partial charge in [0.25, 0.3) is 0 Å². The van der Waals surface area contributed by atoms with E-state index in [9.17, 15) is 4.79 Å². The Hall–Kier alpha value is -2.48. The number of anilines is 1. The summed E-state index contributed by atoms with van der Waals surface area (Å²) in [4.78, 5) is 15.9. The number of halogens is 3. The molecule has 0 saturated carbocycles. The Morgan fingerprint density at radius 2 is 1.93 bits per heavy atom. The number of benzene rings is 2. The van der Waals surface area contributed by atoms with Crippen molar-refractivity contribution in [2.45, 2.75) is 20.3 Å². The molecule has 3 aromatic rings. The Bertz CT molecular complexity index is 1090. The Kier molecular flexibility index (Phi) is 7.07. The summed E-state index contributed by atoms with van der Waals surface area (Å²) < 4.78 is 12.7. The van der Waals surface area contributed by atoms with Crippen molar-refractivity contribution in [1.29, 1.82) is 0 Å². The number of carbonyl (C=O) groups excluding carboxylic acids is 1. The smallest absolute Gasteiger partial charge is 0.320 e. The van der Waals surface area contributed by atoms with Gasteiger partial charge in [-0.05, 0) is 36.8 Å². The van der Waals surface area contributed by atoms with E-state index in [1.165, 1.54) is 18.7 Å². The van der Waals surface area contributed by atoms with E-state index in [2.05, 4.69) is 15.4 Å². The average Bonchev–Trinajstić information content (AvgIpc) is 3.08. The molecule has 1 N–H and O–H groups in total. The van der Waals surface area contributed by atoms with Crippen molar-refractivity contribution in [3.8, 4) is 17.4 Å². The second kappa shape index (κ2) is 9.55. The van der Waals surface area contributed by atoms with Gasteiger partial charge < -0.3 is 14.8 Å². The SMILES string of the molecule is CCOc1nc(Cc2ccc(Cl)c(Cl)c2)nn1-c1ccc(NC(C)=O)c(Cl)c1OC. The first-order valence-electron chi connectivity index (χ1n) is 9.01. The number of aromatic nitrogens is 3. The summed E-state index contributed by atoms with van der Waals surface area (Å²) in [6.07, 6.45) is 0.421. The second-order valence-corrected chi connectivity index (χ2v) is 7.43. The van der Waals surface area contributed by atoms with Crippen LogP contribution in [0.25, 0.3) is 5.69 Å². The van der Waals surface area contributed by atoms with Crippen LogP contribution in [0, 0.1) is 0 Å². The number of carbonyl (C=O) groups is 1. The quantitative estimate of drug-likeness (QED) is 0.515. The minimum absolute atomic E-state index is 0.244. The third-order valence-corrected chi connectivity index (χ3v) is 5.17. The van der Waals surface area contributed by atoms with E-state index < -0.39 is 0 Å². The van der Waals surface area contributed by atoms with Gasteiger partial charge in [0.1, 0.15) is 10.7 Å². The van der Waals surface area contributed by atoms with Crippen molar-refractivity contribution in [3.63, 3.8) is 0 Å².